The van der Waals surface area contributed by atoms with Gasteiger partial charge in [-0.25, -0.2) is 9.59 Å². The second-order valence-electron chi connectivity index (χ2n) is 11.6. The highest BCUT2D eigenvalue weighted by molar-refractivity contribution is 5.90. The molecular formula is C40H36O8. The normalized spacial score (nSPS) is 22.0. The van der Waals surface area contributed by atoms with E-state index in [2.05, 4.69) is 0 Å². The fraction of sp³-hybridized carbons (Fsp3) is 0.200. The summed E-state index contributed by atoms with van der Waals surface area (Å²) in [4.78, 5) is 26.8. The third kappa shape index (κ3) is 7.87. The lowest BCUT2D eigenvalue weighted by Crippen LogP contribution is -2.66. The molecule has 1 saturated carbocycles. The molecule has 244 valence electrons. The van der Waals surface area contributed by atoms with Crippen LogP contribution in [0.4, 0.5) is 0 Å². The van der Waals surface area contributed by atoms with Crippen LogP contribution in [0.15, 0.2) is 146 Å². The number of aliphatic hydroxyl groups excluding tert-OH is 2. The van der Waals surface area contributed by atoms with E-state index in [1.807, 2.05) is 91.0 Å². The van der Waals surface area contributed by atoms with Crippen molar-refractivity contribution in [3.05, 3.63) is 168 Å². The molecule has 48 heavy (non-hydrogen) atoms. The summed E-state index contributed by atoms with van der Waals surface area (Å²) < 4.78 is 24.1. The summed E-state index contributed by atoms with van der Waals surface area (Å²) in [5.41, 5.74) is 3.99. The first-order valence-corrected chi connectivity index (χ1v) is 15.8. The molecule has 8 heteroatoms. The highest BCUT2D eigenvalue weighted by atomic mass is 16.6. The summed E-state index contributed by atoms with van der Waals surface area (Å²) in [5, 5.41) is 23.7. The Morgan fingerprint density at radius 3 is 1.25 bits per heavy atom. The molecule has 1 fully saturated rings. The molecule has 1 aliphatic rings. The molecule has 5 aromatic carbocycles. The van der Waals surface area contributed by atoms with E-state index >= 15 is 0 Å². The van der Waals surface area contributed by atoms with Crippen molar-refractivity contribution in [2.75, 3.05) is 0 Å². The van der Waals surface area contributed by atoms with Gasteiger partial charge in [0.1, 0.15) is 24.4 Å². The van der Waals surface area contributed by atoms with Gasteiger partial charge in [-0.1, -0.05) is 121 Å². The van der Waals surface area contributed by atoms with E-state index in [-0.39, 0.29) is 24.3 Å². The van der Waals surface area contributed by atoms with Gasteiger partial charge in [-0.2, -0.15) is 0 Å². The van der Waals surface area contributed by atoms with Crippen molar-refractivity contribution in [1.82, 2.24) is 0 Å². The maximum atomic E-state index is 13.6. The summed E-state index contributed by atoms with van der Waals surface area (Å²) in [6.45, 7) is 0.104. The molecule has 8 nitrogen and oxygen atoms in total. The lowest BCUT2D eigenvalue weighted by molar-refractivity contribution is -0.249. The van der Waals surface area contributed by atoms with E-state index in [1.54, 1.807) is 54.6 Å². The van der Waals surface area contributed by atoms with Gasteiger partial charge >= 0.3 is 11.9 Å². The van der Waals surface area contributed by atoms with Crippen LogP contribution in [0.5, 0.6) is 0 Å². The quantitative estimate of drug-likeness (QED) is 0.168. The number of rotatable bonds is 11. The van der Waals surface area contributed by atoms with E-state index in [4.69, 9.17) is 18.9 Å². The van der Waals surface area contributed by atoms with Crippen LogP contribution in [0.3, 0.4) is 0 Å². The average molecular weight is 645 g/mol. The van der Waals surface area contributed by atoms with Gasteiger partial charge in [0, 0.05) is 0 Å². The van der Waals surface area contributed by atoms with Crippen molar-refractivity contribution in [2.45, 2.75) is 49.8 Å². The lowest BCUT2D eigenvalue weighted by Gasteiger charge is -2.46. The van der Waals surface area contributed by atoms with Crippen LogP contribution in [0, 0.1) is 0 Å². The number of carbonyl (C=O) groups is 2. The van der Waals surface area contributed by atoms with E-state index in [0.717, 1.165) is 22.3 Å². The molecule has 6 atom stereocenters. The zero-order valence-electron chi connectivity index (χ0n) is 26.1. The molecule has 0 heterocycles. The zero-order valence-corrected chi connectivity index (χ0v) is 26.1. The van der Waals surface area contributed by atoms with Crippen molar-refractivity contribution in [3.63, 3.8) is 0 Å². The van der Waals surface area contributed by atoms with Gasteiger partial charge in [0.15, 0.2) is 12.2 Å². The zero-order chi connectivity index (χ0) is 33.3. The van der Waals surface area contributed by atoms with Gasteiger partial charge in [-0.05, 0) is 46.5 Å². The molecule has 0 amide bonds. The molecule has 5 aromatic rings. The molecule has 6 rings (SSSR count). The van der Waals surface area contributed by atoms with Crippen molar-refractivity contribution in [1.29, 1.82) is 0 Å². The van der Waals surface area contributed by atoms with Crippen molar-refractivity contribution in [3.8, 4) is 11.1 Å². The van der Waals surface area contributed by atoms with Crippen LogP contribution in [0.2, 0.25) is 0 Å². The van der Waals surface area contributed by atoms with Crippen LogP contribution in [0.25, 0.3) is 11.1 Å². The molecule has 0 aromatic heterocycles. The van der Waals surface area contributed by atoms with Gasteiger partial charge in [0.05, 0.1) is 24.3 Å². The van der Waals surface area contributed by atoms with E-state index in [9.17, 15) is 19.8 Å². The molecule has 0 saturated heterocycles. The second kappa shape index (κ2) is 15.6. The number of carbonyl (C=O) groups excluding carboxylic acids is 2. The number of hydrogen-bond donors (Lipinski definition) is 2. The molecule has 2 N–H and O–H groups in total. The minimum atomic E-state index is -1.62. The summed E-state index contributed by atoms with van der Waals surface area (Å²) in [6.07, 6.45) is -8.38. The van der Waals surface area contributed by atoms with Crippen molar-refractivity contribution in [2.24, 2.45) is 0 Å². The average Bonchev–Trinajstić information content (AvgIpc) is 3.14. The van der Waals surface area contributed by atoms with Gasteiger partial charge in [0.25, 0.3) is 0 Å². The Hall–Kier alpha value is -5.12. The van der Waals surface area contributed by atoms with Gasteiger partial charge < -0.3 is 29.2 Å². The first-order chi connectivity index (χ1) is 23.5. The van der Waals surface area contributed by atoms with Crippen molar-refractivity contribution < 1.29 is 38.7 Å². The predicted octanol–water partition coefficient (Wildman–Crippen LogP) is 6.01. The predicted molar refractivity (Wildman–Crippen MR) is 179 cm³/mol. The summed E-state index contributed by atoms with van der Waals surface area (Å²) in [5.74, 6) is -1.47. The Labute approximate surface area is 279 Å². The second-order valence-corrected chi connectivity index (χ2v) is 11.6. The topological polar surface area (TPSA) is 112 Å². The molecule has 0 bridgehead atoms. The van der Waals surface area contributed by atoms with Crippen LogP contribution < -0.4 is 0 Å². The summed E-state index contributed by atoms with van der Waals surface area (Å²) >= 11 is 0. The Kier molecular flexibility index (Phi) is 10.7. The standard InChI is InChI=1S/C40H36O8/c41-33-35(45-25-27-13-5-1-6-14-27)37(47-39(43)31-19-11-4-12-20-31)34(42)38(36(33)46-26-28-15-7-2-8-16-28)48-40(44)32-23-21-30(22-24-32)29-17-9-3-10-18-29/h1-24,33-38,41-42H,25-26H2/t33?,34-,35+,36-,37+,38-/m0/s1. The molecule has 0 spiro atoms. The minimum Gasteiger partial charge on any atom is -0.453 e. The van der Waals surface area contributed by atoms with Gasteiger partial charge in [0.2, 0.25) is 0 Å². The third-order valence-corrected chi connectivity index (χ3v) is 8.29. The number of benzene rings is 5. The molecule has 1 aliphatic carbocycles. The van der Waals surface area contributed by atoms with E-state index in [0.29, 0.717) is 0 Å². The number of esters is 2. The summed E-state index contributed by atoms with van der Waals surface area (Å²) in [6, 6.07) is 43.5. The molecule has 0 aliphatic heterocycles. The van der Waals surface area contributed by atoms with E-state index < -0.39 is 48.6 Å². The number of aliphatic hydroxyl groups is 2. The van der Waals surface area contributed by atoms with Gasteiger partial charge in [-0.3, -0.25) is 0 Å². The Morgan fingerprint density at radius 2 is 0.792 bits per heavy atom. The fourth-order valence-electron chi connectivity index (χ4n) is 5.73. The third-order valence-electron chi connectivity index (χ3n) is 8.29. The maximum Gasteiger partial charge on any atom is 0.338 e. The molecule has 1 unspecified atom stereocenters. The van der Waals surface area contributed by atoms with Crippen LogP contribution in [-0.2, 0) is 32.2 Å². The van der Waals surface area contributed by atoms with Crippen LogP contribution in [-0.4, -0.2) is 58.8 Å². The Balaban J connectivity index is 1.29. The Bertz CT molecular complexity index is 1750. The minimum absolute atomic E-state index is 0.0506. The highest BCUT2D eigenvalue weighted by Gasteiger charge is 2.55. The monoisotopic (exact) mass is 644 g/mol. The Morgan fingerprint density at radius 1 is 0.438 bits per heavy atom. The smallest absolute Gasteiger partial charge is 0.338 e. The van der Waals surface area contributed by atoms with Crippen LogP contribution >= 0.6 is 0 Å². The lowest BCUT2D eigenvalue weighted by atomic mass is 9.84. The largest absolute Gasteiger partial charge is 0.453 e. The van der Waals surface area contributed by atoms with Crippen LogP contribution in [0.1, 0.15) is 31.8 Å². The first-order valence-electron chi connectivity index (χ1n) is 15.8. The number of ether oxygens (including phenoxy) is 4. The molecular weight excluding hydrogens is 608 g/mol. The van der Waals surface area contributed by atoms with E-state index in [1.165, 1.54) is 0 Å². The SMILES string of the molecule is O=C(O[C@@H]1[C@H](O)[C@H](OC(=O)c2ccc(-c3ccccc3)cc2)[C@@H](OCc2ccccc2)C(O)[C@H]1OCc1ccccc1)c1ccccc1. The highest BCUT2D eigenvalue weighted by Crippen LogP contribution is 2.33. The fourth-order valence-corrected chi connectivity index (χ4v) is 5.73. The maximum absolute atomic E-state index is 13.6. The summed E-state index contributed by atoms with van der Waals surface area (Å²) in [7, 11) is 0. The first kappa shape index (κ1) is 32.8. The van der Waals surface area contributed by atoms with Crippen molar-refractivity contribution >= 4 is 11.9 Å². The number of hydrogen-bond acceptors (Lipinski definition) is 8. The molecule has 0 radical (unpaired) electrons. The van der Waals surface area contributed by atoms with Gasteiger partial charge in [-0.15, -0.1) is 0 Å².